The molecule has 0 bridgehead atoms. The fourth-order valence-electron chi connectivity index (χ4n) is 2.09. The number of carbonyl (C=O) groups is 2. The minimum absolute atomic E-state index is 0.0691. The number of aromatic carboxylic acids is 1. The van der Waals surface area contributed by atoms with Gasteiger partial charge in [0, 0.05) is 5.56 Å². The first-order valence-electron chi connectivity index (χ1n) is 6.61. The highest BCUT2D eigenvalue weighted by Crippen LogP contribution is 2.30. The normalized spacial score (nSPS) is 11.6. The SMILES string of the molecule is O=C(O)c1ccc2nc(C(=O)c3ccc(C(F)(F)F)cc3)sc2c1. The lowest BCUT2D eigenvalue weighted by atomic mass is 10.1. The quantitative estimate of drug-likeness (QED) is 0.717. The van der Waals surface area contributed by atoms with Crippen LogP contribution in [-0.4, -0.2) is 21.8 Å². The van der Waals surface area contributed by atoms with E-state index in [-0.39, 0.29) is 16.1 Å². The fourth-order valence-corrected chi connectivity index (χ4v) is 3.06. The average Bonchev–Trinajstić information content (AvgIpc) is 2.96. The summed E-state index contributed by atoms with van der Waals surface area (Å²) in [5.74, 6) is -1.61. The van der Waals surface area contributed by atoms with Crippen molar-refractivity contribution in [3.63, 3.8) is 0 Å². The Balaban J connectivity index is 1.95. The maximum Gasteiger partial charge on any atom is 0.416 e. The number of hydrogen-bond donors (Lipinski definition) is 1. The third kappa shape index (κ3) is 3.00. The van der Waals surface area contributed by atoms with Gasteiger partial charge in [-0.2, -0.15) is 13.2 Å². The Morgan fingerprint density at radius 2 is 1.62 bits per heavy atom. The molecule has 0 aliphatic rings. The Morgan fingerprint density at radius 3 is 2.21 bits per heavy atom. The maximum atomic E-state index is 12.5. The molecule has 3 rings (SSSR count). The summed E-state index contributed by atoms with van der Waals surface area (Å²) in [6.07, 6.45) is -4.47. The Kier molecular flexibility index (Phi) is 3.84. The summed E-state index contributed by atoms with van der Waals surface area (Å²) in [6, 6.07) is 8.13. The molecule has 1 aromatic heterocycles. The Morgan fingerprint density at radius 1 is 1.00 bits per heavy atom. The molecule has 1 N–H and O–H groups in total. The van der Waals surface area contributed by atoms with E-state index in [1.165, 1.54) is 18.2 Å². The molecule has 0 unspecified atom stereocenters. The van der Waals surface area contributed by atoms with Crippen molar-refractivity contribution in [3.8, 4) is 0 Å². The molecule has 8 heteroatoms. The largest absolute Gasteiger partial charge is 0.478 e. The van der Waals surface area contributed by atoms with Crippen LogP contribution < -0.4 is 0 Å². The van der Waals surface area contributed by atoms with E-state index in [4.69, 9.17) is 5.11 Å². The van der Waals surface area contributed by atoms with Crippen molar-refractivity contribution in [3.05, 3.63) is 64.2 Å². The van der Waals surface area contributed by atoms with Gasteiger partial charge in [0.05, 0.1) is 21.3 Å². The Hall–Kier alpha value is -2.74. The zero-order valence-corrected chi connectivity index (χ0v) is 12.6. The lowest BCUT2D eigenvalue weighted by Crippen LogP contribution is -2.06. The second-order valence-corrected chi connectivity index (χ2v) is 5.94. The first-order valence-corrected chi connectivity index (χ1v) is 7.43. The van der Waals surface area contributed by atoms with Gasteiger partial charge < -0.3 is 5.11 Å². The van der Waals surface area contributed by atoms with Gasteiger partial charge in [0.1, 0.15) is 0 Å². The molecular formula is C16H8F3NO3S. The Bertz CT molecular complexity index is 945. The lowest BCUT2D eigenvalue weighted by Gasteiger charge is -2.06. The number of thiazole rings is 1. The highest BCUT2D eigenvalue weighted by atomic mass is 32.1. The molecule has 2 aromatic carbocycles. The van der Waals surface area contributed by atoms with Crippen molar-refractivity contribution in [2.45, 2.75) is 6.18 Å². The fraction of sp³-hybridized carbons (Fsp3) is 0.0625. The van der Waals surface area contributed by atoms with Crippen LogP contribution in [0.5, 0.6) is 0 Å². The van der Waals surface area contributed by atoms with Gasteiger partial charge in [-0.15, -0.1) is 11.3 Å². The second kappa shape index (κ2) is 5.72. The molecular weight excluding hydrogens is 343 g/mol. The molecule has 1 heterocycles. The number of aromatic nitrogens is 1. The van der Waals surface area contributed by atoms with Gasteiger partial charge in [-0.05, 0) is 30.3 Å². The molecule has 0 atom stereocenters. The zero-order valence-electron chi connectivity index (χ0n) is 11.8. The highest BCUT2D eigenvalue weighted by Gasteiger charge is 2.30. The summed E-state index contributed by atoms with van der Waals surface area (Å²) in [7, 11) is 0. The number of carbonyl (C=O) groups excluding carboxylic acids is 1. The summed E-state index contributed by atoms with van der Waals surface area (Å²) in [5.41, 5.74) is -0.227. The number of rotatable bonds is 3. The van der Waals surface area contributed by atoms with Crippen molar-refractivity contribution in [2.75, 3.05) is 0 Å². The maximum absolute atomic E-state index is 12.5. The van der Waals surface area contributed by atoms with Crippen LogP contribution in [-0.2, 0) is 6.18 Å². The van der Waals surface area contributed by atoms with Crippen molar-refractivity contribution in [2.24, 2.45) is 0 Å². The third-order valence-corrected chi connectivity index (χ3v) is 4.32. The molecule has 0 saturated carbocycles. The monoisotopic (exact) mass is 351 g/mol. The van der Waals surface area contributed by atoms with E-state index in [9.17, 15) is 22.8 Å². The van der Waals surface area contributed by atoms with Gasteiger partial charge in [-0.3, -0.25) is 4.79 Å². The molecule has 0 radical (unpaired) electrons. The van der Waals surface area contributed by atoms with Crippen LogP contribution in [0.2, 0.25) is 0 Å². The molecule has 0 saturated heterocycles. The Labute approximate surface area is 137 Å². The molecule has 24 heavy (non-hydrogen) atoms. The first-order chi connectivity index (χ1) is 11.3. The predicted molar refractivity (Wildman–Crippen MR) is 81.5 cm³/mol. The summed E-state index contributed by atoms with van der Waals surface area (Å²) >= 11 is 0.995. The lowest BCUT2D eigenvalue weighted by molar-refractivity contribution is -0.137. The molecule has 0 aliphatic carbocycles. The molecule has 0 amide bonds. The number of benzene rings is 2. The molecule has 0 fully saturated rings. The van der Waals surface area contributed by atoms with E-state index in [0.29, 0.717) is 10.2 Å². The van der Waals surface area contributed by atoms with E-state index < -0.39 is 23.5 Å². The first kappa shape index (κ1) is 16.1. The van der Waals surface area contributed by atoms with Crippen LogP contribution in [0.3, 0.4) is 0 Å². The number of alkyl halides is 3. The molecule has 4 nitrogen and oxygen atoms in total. The van der Waals surface area contributed by atoms with E-state index in [0.717, 1.165) is 35.6 Å². The summed E-state index contributed by atoms with van der Waals surface area (Å²) in [5, 5.41) is 9.05. The van der Waals surface area contributed by atoms with Gasteiger partial charge in [-0.1, -0.05) is 12.1 Å². The van der Waals surface area contributed by atoms with Crippen LogP contribution in [0.4, 0.5) is 13.2 Å². The van der Waals surface area contributed by atoms with Crippen LogP contribution in [0.15, 0.2) is 42.5 Å². The standard InChI is InChI=1S/C16H8F3NO3S/c17-16(18,19)10-4-1-8(2-5-10)13(21)14-20-11-6-3-9(15(22)23)7-12(11)24-14/h1-7H,(H,22,23). The zero-order chi connectivity index (χ0) is 17.5. The number of carboxylic acid groups (broad SMARTS) is 1. The summed E-state index contributed by atoms with van der Waals surface area (Å²) in [6.45, 7) is 0. The van der Waals surface area contributed by atoms with Crippen molar-refractivity contribution < 1.29 is 27.9 Å². The van der Waals surface area contributed by atoms with Gasteiger partial charge >= 0.3 is 12.1 Å². The van der Waals surface area contributed by atoms with E-state index >= 15 is 0 Å². The van der Waals surface area contributed by atoms with E-state index in [1.54, 1.807) is 0 Å². The molecule has 0 spiro atoms. The van der Waals surface area contributed by atoms with Gasteiger partial charge in [0.15, 0.2) is 5.01 Å². The van der Waals surface area contributed by atoms with Crippen LogP contribution in [0.25, 0.3) is 10.2 Å². The predicted octanol–water partition coefficient (Wildman–Crippen LogP) is 4.24. The number of hydrogen-bond acceptors (Lipinski definition) is 4. The smallest absolute Gasteiger partial charge is 0.416 e. The van der Waals surface area contributed by atoms with Gasteiger partial charge in [0.25, 0.3) is 0 Å². The van der Waals surface area contributed by atoms with Crippen molar-refractivity contribution >= 4 is 33.3 Å². The minimum atomic E-state index is -4.47. The highest BCUT2D eigenvalue weighted by molar-refractivity contribution is 7.20. The van der Waals surface area contributed by atoms with Crippen LogP contribution >= 0.6 is 11.3 Å². The van der Waals surface area contributed by atoms with Crippen LogP contribution in [0, 0.1) is 0 Å². The summed E-state index contributed by atoms with van der Waals surface area (Å²) in [4.78, 5) is 27.4. The summed E-state index contributed by atoms with van der Waals surface area (Å²) < 4.78 is 38.1. The van der Waals surface area contributed by atoms with E-state index in [2.05, 4.69) is 4.98 Å². The number of halogens is 3. The topological polar surface area (TPSA) is 67.3 Å². The molecule has 3 aromatic rings. The van der Waals surface area contributed by atoms with Crippen LogP contribution in [0.1, 0.15) is 31.3 Å². The second-order valence-electron chi connectivity index (χ2n) is 4.91. The number of ketones is 1. The number of nitrogens with zero attached hydrogens (tertiary/aromatic N) is 1. The molecule has 0 aliphatic heterocycles. The number of fused-ring (bicyclic) bond motifs is 1. The van der Waals surface area contributed by atoms with E-state index in [1.807, 2.05) is 0 Å². The number of carboxylic acids is 1. The average molecular weight is 351 g/mol. The van der Waals surface area contributed by atoms with Gasteiger partial charge in [0.2, 0.25) is 5.78 Å². The molecule has 122 valence electrons. The third-order valence-electron chi connectivity index (χ3n) is 3.30. The van der Waals surface area contributed by atoms with Crippen molar-refractivity contribution in [1.82, 2.24) is 4.98 Å². The minimum Gasteiger partial charge on any atom is -0.478 e. The van der Waals surface area contributed by atoms with Crippen molar-refractivity contribution in [1.29, 1.82) is 0 Å². The van der Waals surface area contributed by atoms with Gasteiger partial charge in [-0.25, -0.2) is 9.78 Å².